The van der Waals surface area contributed by atoms with E-state index in [0.29, 0.717) is 0 Å². The normalized spacial score (nSPS) is 12.2. The van der Waals surface area contributed by atoms with Crippen molar-refractivity contribution in [3.63, 3.8) is 0 Å². The van der Waals surface area contributed by atoms with Gasteiger partial charge in [-0.25, -0.2) is 0 Å². The molecule has 1 aromatic heterocycles. The van der Waals surface area contributed by atoms with Crippen molar-refractivity contribution in [2.75, 3.05) is 20.8 Å². The van der Waals surface area contributed by atoms with Crippen LogP contribution in [0.2, 0.25) is 0 Å². The van der Waals surface area contributed by atoms with Crippen LogP contribution in [0.1, 0.15) is 24.2 Å². The fourth-order valence-corrected chi connectivity index (χ4v) is 2.34. The zero-order chi connectivity index (χ0) is 13.7. The summed E-state index contributed by atoms with van der Waals surface area (Å²) in [5, 5.41) is 3.40. The van der Waals surface area contributed by atoms with Crippen molar-refractivity contribution in [3.8, 4) is 11.5 Å². The highest BCUT2D eigenvalue weighted by molar-refractivity contribution is 6.99. The summed E-state index contributed by atoms with van der Waals surface area (Å²) >= 11 is 1.21. The average molecular weight is 279 g/mol. The number of benzene rings is 1. The Morgan fingerprint density at radius 1 is 1.21 bits per heavy atom. The molecule has 1 aromatic carbocycles. The van der Waals surface area contributed by atoms with Gasteiger partial charge in [0.15, 0.2) is 0 Å². The highest BCUT2D eigenvalue weighted by Gasteiger charge is 2.17. The van der Waals surface area contributed by atoms with Crippen LogP contribution in [0.15, 0.2) is 24.4 Å². The van der Waals surface area contributed by atoms with Gasteiger partial charge < -0.3 is 14.8 Å². The SMILES string of the molecule is CCNC(c1cc(OC)cc(OC)c1)c1cnsn1. The van der Waals surface area contributed by atoms with Crippen molar-refractivity contribution in [1.29, 1.82) is 0 Å². The number of nitrogens with zero attached hydrogens (tertiary/aromatic N) is 2. The summed E-state index contributed by atoms with van der Waals surface area (Å²) in [6.45, 7) is 2.89. The molecule has 0 aliphatic carbocycles. The molecule has 1 heterocycles. The number of rotatable bonds is 6. The predicted molar refractivity (Wildman–Crippen MR) is 75.0 cm³/mol. The number of hydrogen-bond acceptors (Lipinski definition) is 6. The Morgan fingerprint density at radius 2 is 1.89 bits per heavy atom. The maximum Gasteiger partial charge on any atom is 0.122 e. The standard InChI is InChI=1S/C13H17N3O2S/c1-4-14-13(12-8-15-19-16-12)9-5-10(17-2)7-11(6-9)18-3/h5-8,13-14H,4H2,1-3H3. The zero-order valence-electron chi connectivity index (χ0n) is 11.2. The second kappa shape index (κ2) is 6.49. The molecule has 6 heteroatoms. The summed E-state index contributed by atoms with van der Waals surface area (Å²) in [6.07, 6.45) is 1.78. The van der Waals surface area contributed by atoms with Crippen LogP contribution in [-0.4, -0.2) is 29.5 Å². The van der Waals surface area contributed by atoms with Crippen molar-refractivity contribution in [2.24, 2.45) is 0 Å². The Hall–Kier alpha value is -1.66. The van der Waals surface area contributed by atoms with E-state index in [1.165, 1.54) is 11.7 Å². The molecule has 0 fully saturated rings. The van der Waals surface area contributed by atoms with Gasteiger partial charge in [-0.2, -0.15) is 8.75 Å². The van der Waals surface area contributed by atoms with Crippen molar-refractivity contribution >= 4 is 11.7 Å². The van der Waals surface area contributed by atoms with E-state index >= 15 is 0 Å². The third kappa shape index (κ3) is 3.21. The van der Waals surface area contributed by atoms with Crippen LogP contribution in [-0.2, 0) is 0 Å². The monoisotopic (exact) mass is 279 g/mol. The van der Waals surface area contributed by atoms with Crippen molar-refractivity contribution in [1.82, 2.24) is 14.1 Å². The van der Waals surface area contributed by atoms with Gasteiger partial charge >= 0.3 is 0 Å². The fourth-order valence-electron chi connectivity index (χ4n) is 1.89. The highest BCUT2D eigenvalue weighted by Crippen LogP contribution is 2.29. The summed E-state index contributed by atoms with van der Waals surface area (Å²) in [6, 6.07) is 5.81. The summed E-state index contributed by atoms with van der Waals surface area (Å²) in [4.78, 5) is 0. The second-order valence-corrected chi connectivity index (χ2v) is 4.53. The first kappa shape index (κ1) is 13.8. The molecule has 1 N–H and O–H groups in total. The first-order valence-corrected chi connectivity index (χ1v) is 6.75. The van der Waals surface area contributed by atoms with Gasteiger partial charge in [-0.05, 0) is 24.2 Å². The van der Waals surface area contributed by atoms with E-state index in [4.69, 9.17) is 9.47 Å². The molecule has 19 heavy (non-hydrogen) atoms. The van der Waals surface area contributed by atoms with E-state index in [1.54, 1.807) is 20.4 Å². The molecule has 0 amide bonds. The van der Waals surface area contributed by atoms with Gasteiger partial charge in [-0.3, -0.25) is 0 Å². The topological polar surface area (TPSA) is 56.3 Å². The first-order valence-electron chi connectivity index (χ1n) is 6.02. The number of nitrogens with one attached hydrogen (secondary N) is 1. The Kier molecular flexibility index (Phi) is 4.70. The lowest BCUT2D eigenvalue weighted by molar-refractivity contribution is 0.392. The van der Waals surface area contributed by atoms with Gasteiger partial charge in [0.2, 0.25) is 0 Å². The van der Waals surface area contributed by atoms with E-state index in [2.05, 4.69) is 21.0 Å². The summed E-state index contributed by atoms with van der Waals surface area (Å²) in [5.41, 5.74) is 1.95. The van der Waals surface area contributed by atoms with Crippen LogP contribution in [0.4, 0.5) is 0 Å². The van der Waals surface area contributed by atoms with E-state index < -0.39 is 0 Å². The van der Waals surface area contributed by atoms with Gasteiger partial charge in [-0.1, -0.05) is 6.92 Å². The molecule has 102 valence electrons. The molecule has 0 aliphatic heterocycles. The number of aromatic nitrogens is 2. The minimum Gasteiger partial charge on any atom is -0.497 e. The van der Waals surface area contributed by atoms with E-state index in [-0.39, 0.29) is 6.04 Å². The Bertz CT molecular complexity index is 494. The molecule has 0 saturated carbocycles. The molecule has 1 atom stereocenters. The minimum atomic E-state index is -0.00671. The lowest BCUT2D eigenvalue weighted by Gasteiger charge is -2.17. The minimum absolute atomic E-state index is 0.00671. The van der Waals surface area contributed by atoms with Crippen molar-refractivity contribution in [2.45, 2.75) is 13.0 Å². The molecular weight excluding hydrogens is 262 g/mol. The van der Waals surface area contributed by atoms with E-state index in [1.807, 2.05) is 18.2 Å². The predicted octanol–water partition coefficient (Wildman–Crippen LogP) is 2.25. The molecular formula is C13H17N3O2S. The summed E-state index contributed by atoms with van der Waals surface area (Å²) in [5.74, 6) is 1.53. The third-order valence-electron chi connectivity index (χ3n) is 2.79. The third-order valence-corrected chi connectivity index (χ3v) is 3.28. The smallest absolute Gasteiger partial charge is 0.122 e. The van der Waals surface area contributed by atoms with Gasteiger partial charge in [0.1, 0.15) is 11.5 Å². The van der Waals surface area contributed by atoms with Crippen LogP contribution >= 0.6 is 11.7 Å². The largest absolute Gasteiger partial charge is 0.497 e. The van der Waals surface area contributed by atoms with Gasteiger partial charge in [-0.15, -0.1) is 0 Å². The number of ether oxygens (including phenoxy) is 2. The van der Waals surface area contributed by atoms with Crippen LogP contribution in [0.25, 0.3) is 0 Å². The van der Waals surface area contributed by atoms with E-state index in [0.717, 1.165) is 29.3 Å². The van der Waals surface area contributed by atoms with Crippen LogP contribution < -0.4 is 14.8 Å². The lowest BCUT2D eigenvalue weighted by atomic mass is 10.0. The summed E-state index contributed by atoms with van der Waals surface area (Å²) < 4.78 is 19.0. The van der Waals surface area contributed by atoms with Gasteiger partial charge in [0.25, 0.3) is 0 Å². The van der Waals surface area contributed by atoms with Gasteiger partial charge in [0.05, 0.1) is 43.9 Å². The summed E-state index contributed by atoms with van der Waals surface area (Å²) in [7, 11) is 3.29. The maximum atomic E-state index is 5.30. The lowest BCUT2D eigenvalue weighted by Crippen LogP contribution is -2.22. The highest BCUT2D eigenvalue weighted by atomic mass is 32.1. The molecule has 0 radical (unpaired) electrons. The Balaban J connectivity index is 2.41. The molecule has 5 nitrogen and oxygen atoms in total. The fraction of sp³-hybridized carbons (Fsp3) is 0.385. The second-order valence-electron chi connectivity index (χ2n) is 3.97. The molecule has 0 bridgehead atoms. The van der Waals surface area contributed by atoms with Crippen LogP contribution in [0.3, 0.4) is 0 Å². The molecule has 0 aliphatic rings. The van der Waals surface area contributed by atoms with Gasteiger partial charge in [0, 0.05) is 6.07 Å². The molecule has 0 spiro atoms. The van der Waals surface area contributed by atoms with Crippen LogP contribution in [0.5, 0.6) is 11.5 Å². The van der Waals surface area contributed by atoms with Crippen molar-refractivity contribution in [3.05, 3.63) is 35.7 Å². The Morgan fingerprint density at radius 3 is 2.37 bits per heavy atom. The quantitative estimate of drug-likeness (QED) is 0.879. The molecule has 2 aromatic rings. The zero-order valence-corrected chi connectivity index (χ0v) is 12.0. The average Bonchev–Trinajstić information content (AvgIpc) is 2.97. The molecule has 0 saturated heterocycles. The number of hydrogen-bond donors (Lipinski definition) is 1. The maximum absolute atomic E-state index is 5.30. The molecule has 1 unspecified atom stereocenters. The first-order chi connectivity index (χ1) is 9.28. The van der Waals surface area contributed by atoms with Crippen molar-refractivity contribution < 1.29 is 9.47 Å². The number of methoxy groups -OCH3 is 2. The van der Waals surface area contributed by atoms with Crippen LogP contribution in [0, 0.1) is 0 Å². The molecule has 2 rings (SSSR count). The van der Waals surface area contributed by atoms with E-state index in [9.17, 15) is 0 Å². The Labute approximate surface area is 116 Å².